The number of carbonyl (C=O) groups is 1. The third kappa shape index (κ3) is 4.53. The Balaban J connectivity index is 2.12. The van der Waals surface area contributed by atoms with Gasteiger partial charge in [-0.25, -0.2) is 8.42 Å². The zero-order chi connectivity index (χ0) is 16.9. The van der Waals surface area contributed by atoms with Gasteiger partial charge in [0.1, 0.15) is 0 Å². The summed E-state index contributed by atoms with van der Waals surface area (Å²) in [5.74, 6) is -0.317. The van der Waals surface area contributed by atoms with E-state index in [0.717, 1.165) is 23.6 Å². The van der Waals surface area contributed by atoms with E-state index in [1.165, 1.54) is 0 Å². The summed E-state index contributed by atoms with van der Waals surface area (Å²) in [5, 5.41) is 4.53. The van der Waals surface area contributed by atoms with Crippen LogP contribution in [0, 0.1) is 0 Å². The third-order valence-corrected chi connectivity index (χ3v) is 5.12. The molecule has 0 aromatic heterocycles. The Hall–Kier alpha value is -1.92. The van der Waals surface area contributed by atoms with Gasteiger partial charge in [-0.05, 0) is 36.2 Å². The van der Waals surface area contributed by atoms with Gasteiger partial charge in [-0.3, -0.25) is 4.79 Å². The second-order valence-corrected chi connectivity index (χ2v) is 7.21. The van der Waals surface area contributed by atoms with Crippen LogP contribution >= 0.6 is 0 Å². The molecule has 0 saturated heterocycles. The molecule has 2 aromatic rings. The predicted molar refractivity (Wildman–Crippen MR) is 91.6 cm³/mol. The molecule has 1 amide bonds. The molecule has 5 nitrogen and oxygen atoms in total. The largest absolute Gasteiger partial charge is 0.355 e. The molecule has 0 unspecified atom stereocenters. The summed E-state index contributed by atoms with van der Waals surface area (Å²) in [6, 6.07) is 11.6. The fourth-order valence-electron chi connectivity index (χ4n) is 2.23. The number of unbranched alkanes of at least 4 members (excludes halogenated alkanes) is 1. The number of benzene rings is 2. The third-order valence-electron chi connectivity index (χ3n) is 3.59. The first-order chi connectivity index (χ1) is 10.9. The molecule has 23 heavy (non-hydrogen) atoms. The molecule has 0 aliphatic rings. The number of nitrogens with one attached hydrogen (secondary N) is 2. The van der Waals surface area contributed by atoms with E-state index in [9.17, 15) is 13.2 Å². The van der Waals surface area contributed by atoms with Crippen molar-refractivity contribution in [1.29, 1.82) is 0 Å². The molecule has 0 spiro atoms. The summed E-state index contributed by atoms with van der Waals surface area (Å²) in [5.41, 5.74) is 0. The molecular formula is C17H22N2O3S. The summed E-state index contributed by atoms with van der Waals surface area (Å²) in [6.07, 6.45) is 1.84. The van der Waals surface area contributed by atoms with Gasteiger partial charge in [0.2, 0.25) is 15.9 Å². The molecule has 0 aliphatic heterocycles. The number of carbonyl (C=O) groups excluding carboxylic acids is 1. The van der Waals surface area contributed by atoms with E-state index in [2.05, 4.69) is 10.0 Å². The molecule has 0 radical (unpaired) electrons. The van der Waals surface area contributed by atoms with Crippen LogP contribution in [0.2, 0.25) is 0 Å². The molecule has 2 aromatic carbocycles. The molecule has 2 rings (SSSR count). The maximum absolute atomic E-state index is 12.4. The number of rotatable bonds is 7. The van der Waals surface area contributed by atoms with Crippen LogP contribution in [0.5, 0.6) is 0 Å². The van der Waals surface area contributed by atoms with Crippen molar-refractivity contribution in [2.45, 2.75) is 37.6 Å². The quantitative estimate of drug-likeness (QED) is 0.764. The second-order valence-electron chi connectivity index (χ2n) is 5.50. The minimum absolute atomic E-state index is 0.157. The normalized spacial score (nSPS) is 13.0. The van der Waals surface area contributed by atoms with Crippen molar-refractivity contribution in [3.05, 3.63) is 42.5 Å². The molecule has 0 heterocycles. The van der Waals surface area contributed by atoms with E-state index in [4.69, 9.17) is 0 Å². The van der Waals surface area contributed by atoms with Gasteiger partial charge in [-0.1, -0.05) is 43.7 Å². The standard InChI is InChI=1S/C17H22N2O3S/c1-3-4-11-18-17(20)13(2)19-23(21,22)16-10-9-14-7-5-6-8-15(14)12-16/h5-10,12-13,19H,3-4,11H2,1-2H3,(H,18,20)/t13-/m1/s1. The first-order valence-corrected chi connectivity index (χ1v) is 9.21. The van der Waals surface area contributed by atoms with Gasteiger partial charge >= 0.3 is 0 Å². The predicted octanol–water partition coefficient (Wildman–Crippen LogP) is 2.42. The first-order valence-electron chi connectivity index (χ1n) is 7.73. The first kappa shape index (κ1) is 17.4. The van der Waals surface area contributed by atoms with Crippen molar-refractivity contribution < 1.29 is 13.2 Å². The van der Waals surface area contributed by atoms with Crippen LogP contribution in [-0.2, 0) is 14.8 Å². The maximum atomic E-state index is 12.4. The highest BCUT2D eigenvalue weighted by Crippen LogP contribution is 2.19. The van der Waals surface area contributed by atoms with Gasteiger partial charge in [0, 0.05) is 6.54 Å². The highest BCUT2D eigenvalue weighted by atomic mass is 32.2. The molecule has 124 valence electrons. The van der Waals surface area contributed by atoms with Crippen LogP contribution < -0.4 is 10.0 Å². The number of fused-ring (bicyclic) bond motifs is 1. The molecule has 2 N–H and O–H groups in total. The van der Waals surface area contributed by atoms with E-state index in [0.29, 0.717) is 6.54 Å². The molecule has 1 atom stereocenters. The Morgan fingerprint density at radius 2 is 1.83 bits per heavy atom. The molecule has 0 bridgehead atoms. The van der Waals surface area contributed by atoms with Crippen molar-refractivity contribution >= 4 is 26.7 Å². The summed E-state index contributed by atoms with van der Waals surface area (Å²) >= 11 is 0. The minimum Gasteiger partial charge on any atom is -0.355 e. The monoisotopic (exact) mass is 334 g/mol. The number of amides is 1. The average Bonchev–Trinajstić information content (AvgIpc) is 2.54. The van der Waals surface area contributed by atoms with Crippen LogP contribution in [0.15, 0.2) is 47.4 Å². The molecule has 6 heteroatoms. The van der Waals surface area contributed by atoms with Crippen LogP contribution in [0.1, 0.15) is 26.7 Å². The SMILES string of the molecule is CCCCNC(=O)[C@@H](C)NS(=O)(=O)c1ccc2ccccc2c1. The second kappa shape index (κ2) is 7.57. The summed E-state index contributed by atoms with van der Waals surface area (Å²) in [6.45, 7) is 4.12. The molecule has 0 fully saturated rings. The zero-order valence-corrected chi connectivity index (χ0v) is 14.2. The van der Waals surface area contributed by atoms with Gasteiger partial charge < -0.3 is 5.32 Å². The van der Waals surface area contributed by atoms with Gasteiger partial charge in [0.05, 0.1) is 10.9 Å². The zero-order valence-electron chi connectivity index (χ0n) is 13.4. The van der Waals surface area contributed by atoms with Crippen molar-refractivity contribution in [2.24, 2.45) is 0 Å². The number of hydrogen-bond acceptors (Lipinski definition) is 3. The van der Waals surface area contributed by atoms with Crippen LogP contribution in [0.3, 0.4) is 0 Å². The lowest BCUT2D eigenvalue weighted by Gasteiger charge is -2.14. The summed E-state index contributed by atoms with van der Waals surface area (Å²) in [7, 11) is -3.74. The Kier molecular flexibility index (Phi) is 5.74. The molecular weight excluding hydrogens is 312 g/mol. The molecule has 0 aliphatic carbocycles. The highest BCUT2D eigenvalue weighted by Gasteiger charge is 2.21. The lowest BCUT2D eigenvalue weighted by molar-refractivity contribution is -0.122. The van der Waals surface area contributed by atoms with E-state index in [-0.39, 0.29) is 10.8 Å². The van der Waals surface area contributed by atoms with Crippen molar-refractivity contribution in [1.82, 2.24) is 10.0 Å². The van der Waals surface area contributed by atoms with Crippen LogP contribution in [-0.4, -0.2) is 26.9 Å². The Labute approximate surface area is 137 Å². The van der Waals surface area contributed by atoms with Crippen molar-refractivity contribution in [3.8, 4) is 0 Å². The topological polar surface area (TPSA) is 75.3 Å². The number of hydrogen-bond donors (Lipinski definition) is 2. The summed E-state index contributed by atoms with van der Waals surface area (Å²) < 4.78 is 27.3. The fraction of sp³-hybridized carbons (Fsp3) is 0.353. The lowest BCUT2D eigenvalue weighted by atomic mass is 10.1. The lowest BCUT2D eigenvalue weighted by Crippen LogP contribution is -2.44. The Morgan fingerprint density at radius 3 is 2.52 bits per heavy atom. The van der Waals surface area contributed by atoms with Gasteiger partial charge in [0.15, 0.2) is 0 Å². The fourth-order valence-corrected chi connectivity index (χ4v) is 3.47. The average molecular weight is 334 g/mol. The Bertz CT molecular complexity index is 787. The van der Waals surface area contributed by atoms with E-state index < -0.39 is 16.1 Å². The van der Waals surface area contributed by atoms with Crippen LogP contribution in [0.25, 0.3) is 10.8 Å². The van der Waals surface area contributed by atoms with Gasteiger partial charge in [-0.2, -0.15) is 4.72 Å². The highest BCUT2D eigenvalue weighted by molar-refractivity contribution is 7.89. The van der Waals surface area contributed by atoms with E-state index in [1.807, 2.05) is 31.2 Å². The Morgan fingerprint density at radius 1 is 1.13 bits per heavy atom. The smallest absolute Gasteiger partial charge is 0.241 e. The van der Waals surface area contributed by atoms with Crippen LogP contribution in [0.4, 0.5) is 0 Å². The maximum Gasteiger partial charge on any atom is 0.241 e. The van der Waals surface area contributed by atoms with Gasteiger partial charge in [0.25, 0.3) is 0 Å². The number of sulfonamides is 1. The van der Waals surface area contributed by atoms with E-state index >= 15 is 0 Å². The minimum atomic E-state index is -3.74. The van der Waals surface area contributed by atoms with E-state index in [1.54, 1.807) is 25.1 Å². The summed E-state index contributed by atoms with van der Waals surface area (Å²) in [4.78, 5) is 12.1. The molecule has 0 saturated carbocycles. The van der Waals surface area contributed by atoms with Crippen molar-refractivity contribution in [3.63, 3.8) is 0 Å². The van der Waals surface area contributed by atoms with Gasteiger partial charge in [-0.15, -0.1) is 0 Å². The van der Waals surface area contributed by atoms with Crippen molar-refractivity contribution in [2.75, 3.05) is 6.54 Å².